The molecule has 0 radical (unpaired) electrons. The van der Waals surface area contributed by atoms with Crippen LogP contribution in [0.15, 0.2) is 0 Å². The second-order valence-corrected chi connectivity index (χ2v) is 3.56. The smallest absolute Gasteiger partial charge is 0.236 e. The van der Waals surface area contributed by atoms with E-state index in [0.717, 1.165) is 13.1 Å². The lowest BCUT2D eigenvalue weighted by Gasteiger charge is -2.18. The average molecular weight is 259 g/mol. The van der Waals surface area contributed by atoms with Crippen molar-refractivity contribution in [2.24, 2.45) is 5.73 Å². The van der Waals surface area contributed by atoms with Crippen molar-refractivity contribution in [3.8, 4) is 0 Å². The molecule has 1 aromatic heterocycles. The topological polar surface area (TPSA) is 97.0 Å². The maximum atomic E-state index is 10.6. The van der Waals surface area contributed by atoms with Gasteiger partial charge in [0.25, 0.3) is 0 Å². The summed E-state index contributed by atoms with van der Waals surface area (Å²) in [6.45, 7) is 5.44. The first kappa shape index (κ1) is 13.4. The summed E-state index contributed by atoms with van der Waals surface area (Å²) in [6.07, 6.45) is 0. The van der Waals surface area contributed by atoms with Gasteiger partial charge in [-0.05, 0) is 25.4 Å². The van der Waals surface area contributed by atoms with Crippen molar-refractivity contribution in [2.75, 3.05) is 29.9 Å². The highest BCUT2D eigenvalue weighted by Crippen LogP contribution is 2.13. The molecule has 1 aromatic rings. The number of carbonyl (C=O) groups excluding carboxylic acids is 1. The Hall–Kier alpha value is -1.63. The summed E-state index contributed by atoms with van der Waals surface area (Å²) in [5.74, 6) is 0.221. The quantitative estimate of drug-likeness (QED) is 0.760. The van der Waals surface area contributed by atoms with Crippen LogP contribution in [0.3, 0.4) is 0 Å². The maximum Gasteiger partial charge on any atom is 0.236 e. The van der Waals surface area contributed by atoms with E-state index in [9.17, 15) is 4.79 Å². The zero-order chi connectivity index (χ0) is 12.8. The number of carbonyl (C=O) groups is 1. The molecule has 0 aliphatic carbocycles. The largest absolute Gasteiger partial charge is 0.368 e. The van der Waals surface area contributed by atoms with Crippen LogP contribution >= 0.6 is 11.6 Å². The molecule has 1 rings (SSSR count). The van der Waals surface area contributed by atoms with Crippen LogP contribution in [0.25, 0.3) is 0 Å². The molecule has 0 aliphatic heterocycles. The molecule has 17 heavy (non-hydrogen) atoms. The SMILES string of the molecule is CCN(CC)c1nc(Cl)nc(NCC(N)=O)n1. The van der Waals surface area contributed by atoms with Gasteiger partial charge in [0.2, 0.25) is 23.1 Å². The van der Waals surface area contributed by atoms with Crippen molar-refractivity contribution in [3.63, 3.8) is 0 Å². The Morgan fingerprint density at radius 2 is 2.00 bits per heavy atom. The van der Waals surface area contributed by atoms with Gasteiger partial charge in [-0.15, -0.1) is 0 Å². The van der Waals surface area contributed by atoms with E-state index in [1.807, 2.05) is 18.7 Å². The van der Waals surface area contributed by atoms with Crippen molar-refractivity contribution in [1.29, 1.82) is 0 Å². The third-order valence-electron chi connectivity index (χ3n) is 2.06. The zero-order valence-corrected chi connectivity index (χ0v) is 10.5. The van der Waals surface area contributed by atoms with Crippen molar-refractivity contribution in [2.45, 2.75) is 13.8 Å². The highest BCUT2D eigenvalue weighted by atomic mass is 35.5. The monoisotopic (exact) mass is 258 g/mol. The van der Waals surface area contributed by atoms with Crippen LogP contribution in [0.2, 0.25) is 5.28 Å². The van der Waals surface area contributed by atoms with Crippen LogP contribution < -0.4 is 16.0 Å². The number of aromatic nitrogens is 3. The van der Waals surface area contributed by atoms with Gasteiger partial charge >= 0.3 is 0 Å². The standard InChI is InChI=1S/C9H15ClN6O/c1-3-16(4-2)9-14-7(10)13-8(15-9)12-5-6(11)17/h3-5H2,1-2H3,(H2,11,17)(H,12,13,14,15). The Morgan fingerprint density at radius 3 is 2.53 bits per heavy atom. The summed E-state index contributed by atoms with van der Waals surface area (Å²) in [7, 11) is 0. The molecular formula is C9H15ClN6O. The number of amides is 1. The van der Waals surface area contributed by atoms with Crippen LogP contribution in [-0.2, 0) is 4.79 Å². The van der Waals surface area contributed by atoms with Gasteiger partial charge in [-0.3, -0.25) is 4.79 Å². The third kappa shape index (κ3) is 4.03. The van der Waals surface area contributed by atoms with Crippen molar-refractivity contribution >= 4 is 29.4 Å². The molecular weight excluding hydrogens is 244 g/mol. The molecule has 0 aliphatic rings. The van der Waals surface area contributed by atoms with Crippen LogP contribution in [0, 0.1) is 0 Å². The number of rotatable bonds is 6. The molecule has 0 atom stereocenters. The normalized spacial score (nSPS) is 10.1. The molecule has 0 aromatic carbocycles. The Balaban J connectivity index is 2.89. The lowest BCUT2D eigenvalue weighted by molar-refractivity contribution is -0.116. The van der Waals surface area contributed by atoms with E-state index in [4.69, 9.17) is 17.3 Å². The van der Waals surface area contributed by atoms with Crippen LogP contribution in [-0.4, -0.2) is 40.5 Å². The fraction of sp³-hybridized carbons (Fsp3) is 0.556. The van der Waals surface area contributed by atoms with Crippen LogP contribution in [0.1, 0.15) is 13.8 Å². The van der Waals surface area contributed by atoms with Gasteiger partial charge in [-0.2, -0.15) is 15.0 Å². The summed E-state index contributed by atoms with van der Waals surface area (Å²) in [4.78, 5) is 24.6. The molecule has 94 valence electrons. The number of hydrogen-bond acceptors (Lipinski definition) is 6. The van der Waals surface area contributed by atoms with E-state index in [0.29, 0.717) is 5.95 Å². The first-order valence-electron chi connectivity index (χ1n) is 5.25. The fourth-order valence-electron chi connectivity index (χ4n) is 1.23. The summed E-state index contributed by atoms with van der Waals surface area (Å²) in [5, 5.41) is 2.76. The van der Waals surface area contributed by atoms with E-state index in [1.165, 1.54) is 0 Å². The average Bonchev–Trinajstić information content (AvgIpc) is 2.27. The molecule has 0 bridgehead atoms. The van der Waals surface area contributed by atoms with E-state index in [-0.39, 0.29) is 17.8 Å². The minimum absolute atomic E-state index is 0.0436. The number of halogens is 1. The second-order valence-electron chi connectivity index (χ2n) is 3.22. The molecule has 3 N–H and O–H groups in total. The fourth-order valence-corrected chi connectivity index (χ4v) is 1.39. The first-order chi connectivity index (χ1) is 8.06. The molecule has 0 saturated carbocycles. The number of nitrogens with zero attached hydrogens (tertiary/aromatic N) is 4. The minimum atomic E-state index is -0.495. The summed E-state index contributed by atoms with van der Waals surface area (Å²) in [5.41, 5.74) is 5.01. The molecule has 0 fully saturated rings. The van der Waals surface area contributed by atoms with Gasteiger partial charge in [0.05, 0.1) is 6.54 Å². The molecule has 0 saturated heterocycles. The van der Waals surface area contributed by atoms with Gasteiger partial charge in [0, 0.05) is 13.1 Å². The Morgan fingerprint density at radius 1 is 1.35 bits per heavy atom. The lowest BCUT2D eigenvalue weighted by atomic mass is 10.5. The summed E-state index contributed by atoms with van der Waals surface area (Å²) < 4.78 is 0. The van der Waals surface area contributed by atoms with E-state index >= 15 is 0 Å². The molecule has 7 nitrogen and oxygen atoms in total. The van der Waals surface area contributed by atoms with Crippen molar-refractivity contribution < 1.29 is 4.79 Å². The highest BCUT2D eigenvalue weighted by molar-refractivity contribution is 6.28. The van der Waals surface area contributed by atoms with E-state index in [1.54, 1.807) is 0 Å². The number of nitrogens with two attached hydrogens (primary N) is 1. The summed E-state index contributed by atoms with van der Waals surface area (Å²) >= 11 is 5.78. The van der Waals surface area contributed by atoms with E-state index < -0.39 is 5.91 Å². The maximum absolute atomic E-state index is 10.6. The highest BCUT2D eigenvalue weighted by Gasteiger charge is 2.10. The number of anilines is 2. The second kappa shape index (κ2) is 6.19. The number of nitrogens with one attached hydrogen (secondary N) is 1. The Kier molecular flexibility index (Phi) is 4.89. The number of hydrogen-bond donors (Lipinski definition) is 2. The lowest BCUT2D eigenvalue weighted by Crippen LogP contribution is -2.26. The van der Waals surface area contributed by atoms with Gasteiger partial charge in [0.15, 0.2) is 0 Å². The predicted molar refractivity (Wildman–Crippen MR) is 66.1 cm³/mol. The van der Waals surface area contributed by atoms with Crippen LogP contribution in [0.5, 0.6) is 0 Å². The van der Waals surface area contributed by atoms with Gasteiger partial charge in [0.1, 0.15) is 0 Å². The minimum Gasteiger partial charge on any atom is -0.368 e. The molecule has 8 heteroatoms. The Bertz CT molecular complexity index is 395. The van der Waals surface area contributed by atoms with Gasteiger partial charge < -0.3 is 16.0 Å². The molecule has 0 spiro atoms. The molecule has 1 amide bonds. The van der Waals surface area contributed by atoms with E-state index in [2.05, 4.69) is 20.3 Å². The molecule has 1 heterocycles. The first-order valence-corrected chi connectivity index (χ1v) is 5.63. The predicted octanol–water partition coefficient (Wildman–Crippen LogP) is 0.268. The van der Waals surface area contributed by atoms with Gasteiger partial charge in [-0.1, -0.05) is 0 Å². The number of primary amides is 1. The van der Waals surface area contributed by atoms with Crippen LogP contribution in [0.4, 0.5) is 11.9 Å². The van der Waals surface area contributed by atoms with Gasteiger partial charge in [-0.25, -0.2) is 0 Å². The third-order valence-corrected chi connectivity index (χ3v) is 2.23. The zero-order valence-electron chi connectivity index (χ0n) is 9.77. The van der Waals surface area contributed by atoms with Crippen molar-refractivity contribution in [3.05, 3.63) is 5.28 Å². The van der Waals surface area contributed by atoms with Crippen molar-refractivity contribution in [1.82, 2.24) is 15.0 Å². The molecule has 0 unspecified atom stereocenters. The Labute approximate surface area is 104 Å². The summed E-state index contributed by atoms with van der Waals surface area (Å²) in [6, 6.07) is 0.